The van der Waals surface area contributed by atoms with Crippen LogP contribution in [-0.4, -0.2) is 4.83 Å². The summed E-state index contributed by atoms with van der Waals surface area (Å²) in [6, 6.07) is 3.85. The first-order chi connectivity index (χ1) is 8.14. The van der Waals surface area contributed by atoms with Crippen molar-refractivity contribution < 1.29 is 13.2 Å². The Morgan fingerprint density at radius 2 is 1.89 bits per heavy atom. The molecule has 100 valence electrons. The van der Waals surface area contributed by atoms with E-state index in [2.05, 4.69) is 22.5 Å². The zero-order valence-corrected chi connectivity index (χ0v) is 12.3. The molecule has 0 aliphatic rings. The summed E-state index contributed by atoms with van der Waals surface area (Å²) in [5.74, 6) is 0.238. The molecule has 0 aliphatic heterocycles. The van der Waals surface area contributed by atoms with E-state index in [1.807, 2.05) is 13.8 Å². The van der Waals surface area contributed by atoms with Gasteiger partial charge in [0.1, 0.15) is 0 Å². The van der Waals surface area contributed by atoms with E-state index in [0.29, 0.717) is 11.1 Å². The lowest BCUT2D eigenvalue weighted by atomic mass is 9.96. The zero-order chi connectivity index (χ0) is 14.1. The van der Waals surface area contributed by atoms with Gasteiger partial charge in [0.2, 0.25) is 0 Å². The normalized spacial score (nSPS) is 13.8. The number of allylic oxidation sites excluding steroid dienone is 1. The Hall–Kier alpha value is -0.480. The highest BCUT2D eigenvalue weighted by atomic mass is 79.9. The third-order valence-corrected chi connectivity index (χ3v) is 4.50. The first-order valence-electron chi connectivity index (χ1n) is 5.34. The lowest BCUT2D eigenvalue weighted by molar-refractivity contribution is -0.137. The molecular formula is C13H13BrClF3. The highest BCUT2D eigenvalue weighted by Gasteiger charge is 2.33. The van der Waals surface area contributed by atoms with Crippen molar-refractivity contribution in [3.05, 3.63) is 40.9 Å². The van der Waals surface area contributed by atoms with Crippen LogP contribution in [0.1, 0.15) is 25.0 Å². The van der Waals surface area contributed by atoms with Gasteiger partial charge in [-0.3, -0.25) is 0 Å². The van der Waals surface area contributed by atoms with Gasteiger partial charge in [0.25, 0.3) is 0 Å². The van der Waals surface area contributed by atoms with E-state index in [1.165, 1.54) is 6.07 Å². The van der Waals surface area contributed by atoms with Crippen molar-refractivity contribution in [3.63, 3.8) is 0 Å². The Morgan fingerprint density at radius 3 is 2.33 bits per heavy atom. The molecule has 0 bridgehead atoms. The maximum absolute atomic E-state index is 12.7. The molecule has 1 aromatic carbocycles. The number of benzene rings is 1. The van der Waals surface area contributed by atoms with Crippen LogP contribution in [0.25, 0.3) is 5.57 Å². The molecule has 1 unspecified atom stereocenters. The standard InChI is InChI=1S/C13H13BrClF3/c1-7(2)12(14)8(3)9-4-5-11(15)10(6-9)13(16,17)18/h4-7,12H,3H2,1-2H3. The molecule has 0 heterocycles. The van der Waals surface area contributed by atoms with Crippen LogP contribution in [0, 0.1) is 5.92 Å². The van der Waals surface area contributed by atoms with Gasteiger partial charge in [-0.1, -0.05) is 54.0 Å². The summed E-state index contributed by atoms with van der Waals surface area (Å²) in [5, 5.41) is -0.297. The van der Waals surface area contributed by atoms with Crippen LogP contribution in [0.3, 0.4) is 0 Å². The van der Waals surface area contributed by atoms with E-state index >= 15 is 0 Å². The fraction of sp³-hybridized carbons (Fsp3) is 0.385. The van der Waals surface area contributed by atoms with Gasteiger partial charge in [0, 0.05) is 4.83 Å². The molecule has 0 saturated carbocycles. The second kappa shape index (κ2) is 5.66. The van der Waals surface area contributed by atoms with Gasteiger partial charge in [0.15, 0.2) is 0 Å². The SMILES string of the molecule is C=C(c1ccc(Cl)c(C(F)(F)F)c1)C(Br)C(C)C. The van der Waals surface area contributed by atoms with Crippen LogP contribution < -0.4 is 0 Å². The van der Waals surface area contributed by atoms with Crippen LogP contribution >= 0.6 is 27.5 Å². The molecule has 1 aromatic rings. The molecular weight excluding hydrogens is 328 g/mol. The zero-order valence-electron chi connectivity index (χ0n) is 9.98. The van der Waals surface area contributed by atoms with Crippen molar-refractivity contribution in [2.45, 2.75) is 24.9 Å². The van der Waals surface area contributed by atoms with E-state index in [-0.39, 0.29) is 15.8 Å². The minimum atomic E-state index is -4.45. The van der Waals surface area contributed by atoms with Crippen LogP contribution in [0.5, 0.6) is 0 Å². The summed E-state index contributed by atoms with van der Waals surface area (Å²) < 4.78 is 38.2. The number of hydrogen-bond acceptors (Lipinski definition) is 0. The third kappa shape index (κ3) is 3.51. The van der Waals surface area contributed by atoms with E-state index in [4.69, 9.17) is 11.6 Å². The maximum Gasteiger partial charge on any atom is 0.417 e. The molecule has 0 radical (unpaired) electrons. The van der Waals surface area contributed by atoms with Gasteiger partial charge >= 0.3 is 6.18 Å². The van der Waals surface area contributed by atoms with Crippen LogP contribution in [0.4, 0.5) is 13.2 Å². The molecule has 18 heavy (non-hydrogen) atoms. The average molecular weight is 342 g/mol. The monoisotopic (exact) mass is 340 g/mol. The van der Waals surface area contributed by atoms with Gasteiger partial charge in [-0.2, -0.15) is 13.2 Å². The van der Waals surface area contributed by atoms with E-state index in [0.717, 1.165) is 6.07 Å². The average Bonchev–Trinajstić information content (AvgIpc) is 2.26. The molecule has 5 heteroatoms. The van der Waals surface area contributed by atoms with Crippen molar-refractivity contribution in [2.24, 2.45) is 5.92 Å². The quantitative estimate of drug-likeness (QED) is 0.610. The molecule has 1 atom stereocenters. The highest BCUT2D eigenvalue weighted by Crippen LogP contribution is 2.37. The van der Waals surface area contributed by atoms with Gasteiger partial charge in [0.05, 0.1) is 10.6 Å². The first kappa shape index (κ1) is 15.6. The summed E-state index contributed by atoms with van der Waals surface area (Å²) in [7, 11) is 0. The Kier molecular flexibility index (Phi) is 4.90. The van der Waals surface area contributed by atoms with Crippen LogP contribution in [0.2, 0.25) is 5.02 Å². The molecule has 0 fully saturated rings. The highest BCUT2D eigenvalue weighted by molar-refractivity contribution is 9.09. The van der Waals surface area contributed by atoms with Gasteiger partial charge < -0.3 is 0 Å². The van der Waals surface area contributed by atoms with E-state index < -0.39 is 11.7 Å². The van der Waals surface area contributed by atoms with Crippen molar-refractivity contribution in [2.75, 3.05) is 0 Å². The fourth-order valence-electron chi connectivity index (χ4n) is 1.50. The summed E-state index contributed by atoms with van der Waals surface area (Å²) in [6.45, 7) is 7.77. The predicted octanol–water partition coefficient (Wildman–Crippen LogP) is 5.79. The van der Waals surface area contributed by atoms with Gasteiger partial charge in [-0.05, 0) is 29.2 Å². The largest absolute Gasteiger partial charge is 0.417 e. The topological polar surface area (TPSA) is 0 Å². The molecule has 0 aliphatic carbocycles. The summed E-state index contributed by atoms with van der Waals surface area (Å²) >= 11 is 8.99. The fourth-order valence-corrected chi connectivity index (χ4v) is 1.99. The van der Waals surface area contributed by atoms with Crippen molar-refractivity contribution in [1.29, 1.82) is 0 Å². The Labute approximate surface area is 118 Å². The van der Waals surface area contributed by atoms with Crippen LogP contribution in [0.15, 0.2) is 24.8 Å². The molecule has 0 amide bonds. The predicted molar refractivity (Wildman–Crippen MR) is 73.0 cm³/mol. The molecule has 0 nitrogen and oxygen atoms in total. The number of halogens is 5. The Balaban J connectivity index is 3.17. The number of rotatable bonds is 3. The smallest absolute Gasteiger partial charge is 0.166 e. The third-order valence-electron chi connectivity index (χ3n) is 2.56. The lowest BCUT2D eigenvalue weighted by Gasteiger charge is -2.18. The van der Waals surface area contributed by atoms with Crippen molar-refractivity contribution >= 4 is 33.1 Å². The minimum Gasteiger partial charge on any atom is -0.166 e. The Bertz CT molecular complexity index is 452. The van der Waals surface area contributed by atoms with E-state index in [1.54, 1.807) is 6.07 Å². The van der Waals surface area contributed by atoms with Crippen molar-refractivity contribution in [1.82, 2.24) is 0 Å². The summed E-state index contributed by atoms with van der Waals surface area (Å²) in [4.78, 5) is -0.0697. The molecule has 0 spiro atoms. The molecule has 0 saturated heterocycles. The molecule has 0 N–H and O–H groups in total. The second-order valence-corrected chi connectivity index (χ2v) is 5.76. The lowest BCUT2D eigenvalue weighted by Crippen LogP contribution is -2.11. The number of hydrogen-bond donors (Lipinski definition) is 0. The van der Waals surface area contributed by atoms with Gasteiger partial charge in [-0.25, -0.2) is 0 Å². The van der Waals surface area contributed by atoms with Gasteiger partial charge in [-0.15, -0.1) is 0 Å². The van der Waals surface area contributed by atoms with Crippen LogP contribution in [-0.2, 0) is 6.18 Å². The summed E-state index contributed by atoms with van der Waals surface area (Å²) in [6.07, 6.45) is -4.45. The Morgan fingerprint density at radius 1 is 1.33 bits per heavy atom. The summed E-state index contributed by atoms with van der Waals surface area (Å²) in [5.41, 5.74) is 0.237. The second-order valence-electron chi connectivity index (χ2n) is 4.36. The minimum absolute atomic E-state index is 0.0697. The molecule has 1 rings (SSSR count). The van der Waals surface area contributed by atoms with E-state index in [9.17, 15) is 13.2 Å². The molecule has 0 aromatic heterocycles. The number of alkyl halides is 4. The van der Waals surface area contributed by atoms with Crippen molar-refractivity contribution in [3.8, 4) is 0 Å². The maximum atomic E-state index is 12.7. The first-order valence-corrected chi connectivity index (χ1v) is 6.64.